The van der Waals surface area contributed by atoms with Crippen LogP contribution in [0.2, 0.25) is 0 Å². The summed E-state index contributed by atoms with van der Waals surface area (Å²) >= 11 is 0. The standard InChI is InChI=1S/C13H15N3O2/c1-9-7-11(10(2)16(9)3)8-14-15-13(17)12-5-4-6-18-12/h4-8H,1-3H3,(H,15,17)/b14-8+. The zero-order chi connectivity index (χ0) is 13.1. The number of aryl methyl sites for hydroxylation is 1. The molecule has 5 heteroatoms. The molecule has 0 bridgehead atoms. The number of hydrogen-bond acceptors (Lipinski definition) is 3. The van der Waals surface area contributed by atoms with Crippen LogP contribution < -0.4 is 5.43 Å². The van der Waals surface area contributed by atoms with E-state index in [1.807, 2.05) is 27.0 Å². The van der Waals surface area contributed by atoms with Crippen molar-refractivity contribution in [2.24, 2.45) is 12.1 Å². The second-order valence-corrected chi connectivity index (χ2v) is 4.06. The van der Waals surface area contributed by atoms with Gasteiger partial charge in [-0.25, -0.2) is 5.43 Å². The Morgan fingerprint density at radius 1 is 1.50 bits per heavy atom. The summed E-state index contributed by atoms with van der Waals surface area (Å²) in [5, 5.41) is 3.91. The molecule has 2 rings (SSSR count). The molecule has 0 unspecified atom stereocenters. The molecule has 94 valence electrons. The van der Waals surface area contributed by atoms with Gasteiger partial charge in [0.1, 0.15) is 0 Å². The molecule has 1 amide bonds. The second kappa shape index (κ2) is 4.91. The van der Waals surface area contributed by atoms with Crippen LogP contribution in [-0.4, -0.2) is 16.7 Å². The smallest absolute Gasteiger partial charge is 0.307 e. The van der Waals surface area contributed by atoms with Gasteiger partial charge in [-0.2, -0.15) is 5.10 Å². The van der Waals surface area contributed by atoms with Gasteiger partial charge in [0.25, 0.3) is 0 Å². The van der Waals surface area contributed by atoms with Crippen molar-refractivity contribution in [1.29, 1.82) is 0 Å². The topological polar surface area (TPSA) is 59.5 Å². The number of carbonyl (C=O) groups excluding carboxylic acids is 1. The number of nitrogens with one attached hydrogen (secondary N) is 1. The maximum atomic E-state index is 11.5. The third-order valence-corrected chi connectivity index (χ3v) is 2.93. The molecule has 0 aromatic carbocycles. The molecule has 0 aliphatic heterocycles. The average Bonchev–Trinajstić information content (AvgIpc) is 2.95. The number of amides is 1. The molecule has 0 saturated heterocycles. The van der Waals surface area contributed by atoms with E-state index < -0.39 is 0 Å². The van der Waals surface area contributed by atoms with E-state index in [1.54, 1.807) is 18.3 Å². The molecule has 5 nitrogen and oxygen atoms in total. The van der Waals surface area contributed by atoms with Crippen LogP contribution >= 0.6 is 0 Å². The number of carbonyl (C=O) groups is 1. The lowest BCUT2D eigenvalue weighted by atomic mass is 10.3. The molecule has 0 spiro atoms. The number of aromatic nitrogens is 1. The van der Waals surface area contributed by atoms with Crippen molar-refractivity contribution in [3.63, 3.8) is 0 Å². The third kappa shape index (κ3) is 2.34. The first-order valence-corrected chi connectivity index (χ1v) is 5.59. The van der Waals surface area contributed by atoms with Gasteiger partial charge in [0, 0.05) is 24.0 Å². The van der Waals surface area contributed by atoms with Crippen molar-refractivity contribution in [3.8, 4) is 0 Å². The van der Waals surface area contributed by atoms with Gasteiger partial charge >= 0.3 is 5.91 Å². The molecule has 0 aliphatic carbocycles. The third-order valence-electron chi connectivity index (χ3n) is 2.93. The van der Waals surface area contributed by atoms with Crippen LogP contribution in [0.25, 0.3) is 0 Å². The summed E-state index contributed by atoms with van der Waals surface area (Å²) in [5.74, 6) is -0.116. The molecule has 0 aliphatic rings. The quantitative estimate of drug-likeness (QED) is 0.664. The number of nitrogens with zero attached hydrogens (tertiary/aromatic N) is 2. The van der Waals surface area contributed by atoms with Crippen molar-refractivity contribution < 1.29 is 9.21 Å². The van der Waals surface area contributed by atoms with Crippen LogP contribution in [0.4, 0.5) is 0 Å². The molecule has 18 heavy (non-hydrogen) atoms. The summed E-state index contributed by atoms with van der Waals surface area (Å²) in [4.78, 5) is 11.5. The van der Waals surface area contributed by atoms with Crippen molar-refractivity contribution in [3.05, 3.63) is 47.2 Å². The Morgan fingerprint density at radius 2 is 2.28 bits per heavy atom. The summed E-state index contributed by atoms with van der Waals surface area (Å²) < 4.78 is 7.02. The van der Waals surface area contributed by atoms with Crippen LogP contribution in [0.3, 0.4) is 0 Å². The maximum Gasteiger partial charge on any atom is 0.307 e. The molecule has 2 heterocycles. The van der Waals surface area contributed by atoms with Gasteiger partial charge in [0.15, 0.2) is 5.76 Å². The minimum Gasteiger partial charge on any atom is -0.459 e. The summed E-state index contributed by atoms with van der Waals surface area (Å²) in [6, 6.07) is 5.25. The minimum absolute atomic E-state index is 0.244. The molecule has 1 N–H and O–H groups in total. The van der Waals surface area contributed by atoms with Gasteiger partial charge in [0.2, 0.25) is 0 Å². The lowest BCUT2D eigenvalue weighted by molar-refractivity contribution is 0.0927. The van der Waals surface area contributed by atoms with Gasteiger partial charge in [0.05, 0.1) is 12.5 Å². The Balaban J connectivity index is 2.04. The van der Waals surface area contributed by atoms with Crippen molar-refractivity contribution in [2.45, 2.75) is 13.8 Å². The van der Waals surface area contributed by atoms with Crippen LogP contribution in [0, 0.1) is 13.8 Å². The highest BCUT2D eigenvalue weighted by atomic mass is 16.3. The molecule has 2 aromatic rings. The van der Waals surface area contributed by atoms with E-state index >= 15 is 0 Å². The van der Waals surface area contributed by atoms with Gasteiger partial charge in [-0.3, -0.25) is 4.79 Å². The summed E-state index contributed by atoms with van der Waals surface area (Å²) in [5.41, 5.74) is 5.64. The van der Waals surface area contributed by atoms with Crippen molar-refractivity contribution >= 4 is 12.1 Å². The highest BCUT2D eigenvalue weighted by Crippen LogP contribution is 2.10. The van der Waals surface area contributed by atoms with E-state index in [4.69, 9.17) is 4.42 Å². The normalized spacial score (nSPS) is 11.1. The van der Waals surface area contributed by atoms with E-state index in [0.717, 1.165) is 17.0 Å². The summed E-state index contributed by atoms with van der Waals surface area (Å²) in [7, 11) is 1.99. The number of rotatable bonds is 3. The largest absolute Gasteiger partial charge is 0.459 e. The Kier molecular flexibility index (Phi) is 3.32. The Hall–Kier alpha value is -2.30. The maximum absolute atomic E-state index is 11.5. The Bertz CT molecular complexity index is 580. The predicted octanol–water partition coefficient (Wildman–Crippen LogP) is 2.00. The Morgan fingerprint density at radius 3 is 2.83 bits per heavy atom. The summed E-state index contributed by atoms with van der Waals surface area (Å²) in [6.07, 6.45) is 3.08. The molecular formula is C13H15N3O2. The van der Waals surface area contributed by atoms with E-state index in [1.165, 1.54) is 6.26 Å². The fourth-order valence-electron chi connectivity index (χ4n) is 1.64. The fraction of sp³-hybridized carbons (Fsp3) is 0.231. The van der Waals surface area contributed by atoms with Crippen molar-refractivity contribution in [1.82, 2.24) is 9.99 Å². The first-order chi connectivity index (χ1) is 8.59. The molecule has 0 atom stereocenters. The fourth-order valence-corrected chi connectivity index (χ4v) is 1.64. The predicted molar refractivity (Wildman–Crippen MR) is 68.7 cm³/mol. The summed E-state index contributed by atoms with van der Waals surface area (Å²) in [6.45, 7) is 4.02. The van der Waals surface area contributed by atoms with Crippen LogP contribution in [-0.2, 0) is 7.05 Å². The lowest BCUT2D eigenvalue weighted by Crippen LogP contribution is -2.16. The zero-order valence-electron chi connectivity index (χ0n) is 10.6. The van der Waals surface area contributed by atoms with Crippen molar-refractivity contribution in [2.75, 3.05) is 0 Å². The van der Waals surface area contributed by atoms with E-state index in [0.29, 0.717) is 0 Å². The van der Waals surface area contributed by atoms with E-state index in [2.05, 4.69) is 15.1 Å². The highest BCUT2D eigenvalue weighted by Gasteiger charge is 2.07. The van der Waals surface area contributed by atoms with Crippen LogP contribution in [0.15, 0.2) is 34.0 Å². The van der Waals surface area contributed by atoms with Gasteiger partial charge in [-0.05, 0) is 32.0 Å². The molecule has 2 aromatic heterocycles. The molecule has 0 radical (unpaired) electrons. The van der Waals surface area contributed by atoms with E-state index in [-0.39, 0.29) is 11.7 Å². The second-order valence-electron chi connectivity index (χ2n) is 4.06. The van der Waals surface area contributed by atoms with Gasteiger partial charge in [-0.1, -0.05) is 0 Å². The minimum atomic E-state index is -0.360. The van der Waals surface area contributed by atoms with Crippen LogP contribution in [0.1, 0.15) is 27.5 Å². The lowest BCUT2D eigenvalue weighted by Gasteiger charge is -1.98. The van der Waals surface area contributed by atoms with E-state index in [9.17, 15) is 4.79 Å². The number of furan rings is 1. The Labute approximate surface area is 105 Å². The highest BCUT2D eigenvalue weighted by molar-refractivity contribution is 5.92. The average molecular weight is 245 g/mol. The first kappa shape index (κ1) is 12.2. The first-order valence-electron chi connectivity index (χ1n) is 5.59. The van der Waals surface area contributed by atoms with Gasteiger partial charge < -0.3 is 8.98 Å². The number of hydrogen-bond donors (Lipinski definition) is 1. The zero-order valence-corrected chi connectivity index (χ0v) is 10.6. The molecular weight excluding hydrogens is 230 g/mol. The molecule has 0 saturated carbocycles. The monoisotopic (exact) mass is 245 g/mol. The molecule has 0 fully saturated rings. The van der Waals surface area contributed by atoms with Gasteiger partial charge in [-0.15, -0.1) is 0 Å². The van der Waals surface area contributed by atoms with Crippen LogP contribution in [0.5, 0.6) is 0 Å². The SMILES string of the molecule is Cc1cc(/C=N/NC(=O)c2ccco2)c(C)n1C. The number of hydrazone groups is 1.